The molecule has 1 aliphatic rings. The Kier molecular flexibility index (Phi) is 5.42. The summed E-state index contributed by atoms with van der Waals surface area (Å²) in [5.41, 5.74) is 2.11. The van der Waals surface area contributed by atoms with Crippen LogP contribution in [0.15, 0.2) is 24.3 Å². The Bertz CT molecular complexity index is 488. The predicted molar refractivity (Wildman–Crippen MR) is 85.9 cm³/mol. The number of carbonyl (C=O) groups is 1. The van der Waals surface area contributed by atoms with Gasteiger partial charge in [-0.2, -0.15) is 0 Å². The number of aliphatic hydroxyl groups excluding tert-OH is 1. The molecule has 1 fully saturated rings. The van der Waals surface area contributed by atoms with Gasteiger partial charge in [0.2, 0.25) is 0 Å². The van der Waals surface area contributed by atoms with Crippen LogP contribution in [-0.4, -0.2) is 36.9 Å². The summed E-state index contributed by atoms with van der Waals surface area (Å²) in [5.74, 6) is 0. The van der Waals surface area contributed by atoms with Crippen molar-refractivity contribution in [2.45, 2.75) is 44.8 Å². The van der Waals surface area contributed by atoms with Gasteiger partial charge in [-0.15, -0.1) is 0 Å². The molecule has 1 aliphatic heterocycles. The predicted octanol–water partition coefficient (Wildman–Crippen LogP) is 2.11. The van der Waals surface area contributed by atoms with Gasteiger partial charge in [-0.25, -0.2) is 4.79 Å². The number of benzene rings is 1. The molecule has 0 saturated carbocycles. The molecule has 1 aromatic rings. The van der Waals surface area contributed by atoms with Gasteiger partial charge in [0.15, 0.2) is 0 Å². The van der Waals surface area contributed by atoms with Crippen LogP contribution in [0.3, 0.4) is 0 Å². The van der Waals surface area contributed by atoms with Crippen LogP contribution in [0.4, 0.5) is 4.79 Å². The highest BCUT2D eigenvalue weighted by molar-refractivity contribution is 5.74. The summed E-state index contributed by atoms with van der Waals surface area (Å²) in [5, 5.41) is 15.7. The fourth-order valence-corrected chi connectivity index (χ4v) is 2.40. The Balaban J connectivity index is 1.81. The van der Waals surface area contributed by atoms with E-state index in [0.29, 0.717) is 13.2 Å². The number of hydrogen-bond acceptors (Lipinski definition) is 3. The lowest BCUT2D eigenvalue weighted by atomic mass is 9.86. The van der Waals surface area contributed by atoms with E-state index in [4.69, 9.17) is 4.74 Å². The van der Waals surface area contributed by atoms with Crippen LogP contribution in [0, 0.1) is 0 Å². The maximum atomic E-state index is 11.7. The molecular weight excluding hydrogens is 280 g/mol. The van der Waals surface area contributed by atoms with Gasteiger partial charge >= 0.3 is 6.03 Å². The highest BCUT2D eigenvalue weighted by Crippen LogP contribution is 2.23. The van der Waals surface area contributed by atoms with Crippen molar-refractivity contribution < 1.29 is 14.6 Å². The molecule has 0 aliphatic carbocycles. The van der Waals surface area contributed by atoms with E-state index in [2.05, 4.69) is 31.4 Å². The smallest absolute Gasteiger partial charge is 0.315 e. The minimum absolute atomic E-state index is 0.0724. The third-order valence-corrected chi connectivity index (χ3v) is 3.88. The van der Waals surface area contributed by atoms with Crippen molar-refractivity contribution in [3.8, 4) is 0 Å². The second-order valence-electron chi connectivity index (χ2n) is 6.80. The summed E-state index contributed by atoms with van der Waals surface area (Å²) in [6.07, 6.45) is 0.129. The monoisotopic (exact) mass is 306 g/mol. The van der Waals surface area contributed by atoms with E-state index in [1.54, 1.807) is 0 Å². The summed E-state index contributed by atoms with van der Waals surface area (Å²) < 4.78 is 5.20. The average Bonchev–Trinajstić information content (AvgIpc) is 2.97. The number of ether oxygens (including phenoxy) is 1. The zero-order valence-corrected chi connectivity index (χ0v) is 13.6. The van der Waals surface area contributed by atoms with Gasteiger partial charge in [-0.3, -0.25) is 0 Å². The van der Waals surface area contributed by atoms with Crippen LogP contribution in [0.5, 0.6) is 0 Å². The van der Waals surface area contributed by atoms with E-state index in [1.165, 1.54) is 5.56 Å². The zero-order valence-electron chi connectivity index (χ0n) is 13.6. The zero-order chi connectivity index (χ0) is 16.2. The third kappa shape index (κ3) is 4.71. The fourth-order valence-electron chi connectivity index (χ4n) is 2.40. The number of urea groups is 1. The SMILES string of the molecule is CC(C)(C)c1ccc(C(O)CNC(=O)NC2CCOC2)cc1. The van der Waals surface area contributed by atoms with Gasteiger partial charge < -0.3 is 20.5 Å². The molecule has 0 radical (unpaired) electrons. The Hall–Kier alpha value is -1.59. The molecule has 1 saturated heterocycles. The molecule has 2 amide bonds. The topological polar surface area (TPSA) is 70.6 Å². The first kappa shape index (κ1) is 16.8. The highest BCUT2D eigenvalue weighted by atomic mass is 16.5. The summed E-state index contributed by atoms with van der Waals surface area (Å²) in [6, 6.07) is 7.68. The summed E-state index contributed by atoms with van der Waals surface area (Å²) in [6.45, 7) is 7.89. The van der Waals surface area contributed by atoms with E-state index >= 15 is 0 Å². The highest BCUT2D eigenvalue weighted by Gasteiger charge is 2.18. The molecule has 3 N–H and O–H groups in total. The summed E-state index contributed by atoms with van der Waals surface area (Å²) in [4.78, 5) is 11.7. The van der Waals surface area contributed by atoms with Crippen molar-refractivity contribution >= 4 is 6.03 Å². The van der Waals surface area contributed by atoms with Crippen LogP contribution in [0.25, 0.3) is 0 Å². The molecule has 22 heavy (non-hydrogen) atoms. The van der Waals surface area contributed by atoms with Gasteiger partial charge in [0, 0.05) is 13.2 Å². The van der Waals surface area contributed by atoms with Crippen LogP contribution < -0.4 is 10.6 Å². The van der Waals surface area contributed by atoms with Crippen molar-refractivity contribution in [1.82, 2.24) is 10.6 Å². The van der Waals surface area contributed by atoms with Crippen LogP contribution in [-0.2, 0) is 10.2 Å². The molecule has 5 nitrogen and oxygen atoms in total. The number of nitrogens with one attached hydrogen (secondary N) is 2. The van der Waals surface area contributed by atoms with E-state index < -0.39 is 6.10 Å². The average molecular weight is 306 g/mol. The molecule has 122 valence electrons. The maximum absolute atomic E-state index is 11.7. The lowest BCUT2D eigenvalue weighted by molar-refractivity contribution is 0.170. The summed E-state index contributed by atoms with van der Waals surface area (Å²) >= 11 is 0. The van der Waals surface area contributed by atoms with Gasteiger partial charge in [0.25, 0.3) is 0 Å². The van der Waals surface area contributed by atoms with Gasteiger partial charge in [-0.1, -0.05) is 45.0 Å². The van der Waals surface area contributed by atoms with Gasteiger partial charge in [-0.05, 0) is 23.0 Å². The molecule has 5 heteroatoms. The van der Waals surface area contributed by atoms with E-state index in [-0.39, 0.29) is 24.0 Å². The summed E-state index contributed by atoms with van der Waals surface area (Å²) in [7, 11) is 0. The lowest BCUT2D eigenvalue weighted by Gasteiger charge is -2.20. The first-order chi connectivity index (χ1) is 10.4. The molecule has 0 bridgehead atoms. The quantitative estimate of drug-likeness (QED) is 0.798. The Morgan fingerprint density at radius 1 is 1.36 bits per heavy atom. The third-order valence-electron chi connectivity index (χ3n) is 3.88. The number of rotatable bonds is 4. The maximum Gasteiger partial charge on any atom is 0.315 e. The first-order valence-corrected chi connectivity index (χ1v) is 7.77. The Labute approximate surface area is 132 Å². The number of hydrogen-bond donors (Lipinski definition) is 3. The molecule has 1 aromatic carbocycles. The normalized spacial score (nSPS) is 19.7. The first-order valence-electron chi connectivity index (χ1n) is 7.77. The second kappa shape index (κ2) is 7.11. The van der Waals surface area contributed by atoms with Crippen molar-refractivity contribution in [1.29, 1.82) is 0 Å². The van der Waals surface area contributed by atoms with Crippen LogP contribution >= 0.6 is 0 Å². The molecule has 0 spiro atoms. The van der Waals surface area contributed by atoms with Gasteiger partial charge in [0.1, 0.15) is 0 Å². The number of carbonyl (C=O) groups excluding carboxylic acids is 1. The molecule has 0 aromatic heterocycles. The molecular formula is C17H26N2O3. The Morgan fingerprint density at radius 2 is 2.05 bits per heavy atom. The van der Waals surface area contributed by atoms with Gasteiger partial charge in [0.05, 0.1) is 18.8 Å². The van der Waals surface area contributed by atoms with Crippen molar-refractivity contribution in [3.63, 3.8) is 0 Å². The molecule has 2 atom stereocenters. The van der Waals surface area contributed by atoms with E-state index in [1.807, 2.05) is 24.3 Å². The van der Waals surface area contributed by atoms with E-state index in [9.17, 15) is 9.90 Å². The fraction of sp³-hybridized carbons (Fsp3) is 0.588. The minimum Gasteiger partial charge on any atom is -0.387 e. The van der Waals surface area contributed by atoms with Crippen LogP contribution in [0.1, 0.15) is 44.4 Å². The Morgan fingerprint density at radius 3 is 2.59 bits per heavy atom. The number of amides is 2. The van der Waals surface area contributed by atoms with Crippen molar-refractivity contribution in [2.75, 3.05) is 19.8 Å². The lowest BCUT2D eigenvalue weighted by Crippen LogP contribution is -2.43. The van der Waals surface area contributed by atoms with E-state index in [0.717, 1.165) is 12.0 Å². The molecule has 1 heterocycles. The molecule has 2 rings (SSSR count). The standard InChI is InChI=1S/C17H26N2O3/c1-17(2,3)13-6-4-12(5-7-13)15(20)10-18-16(21)19-14-8-9-22-11-14/h4-7,14-15,20H,8-11H2,1-3H3,(H2,18,19,21). The van der Waals surface area contributed by atoms with Crippen molar-refractivity contribution in [2.24, 2.45) is 0 Å². The second-order valence-corrected chi connectivity index (χ2v) is 6.80. The van der Waals surface area contributed by atoms with Crippen molar-refractivity contribution in [3.05, 3.63) is 35.4 Å². The largest absolute Gasteiger partial charge is 0.387 e. The molecule has 2 unspecified atom stereocenters. The minimum atomic E-state index is -0.709. The number of aliphatic hydroxyl groups is 1. The van der Waals surface area contributed by atoms with Crippen LogP contribution in [0.2, 0.25) is 0 Å².